The van der Waals surface area contributed by atoms with E-state index < -0.39 is 47.3 Å². The lowest BCUT2D eigenvalue weighted by Crippen LogP contribution is -2.46. The number of hydrogen-bond donors (Lipinski definition) is 1. The second kappa shape index (κ2) is 35.3. The molecule has 0 heterocycles. The molecule has 0 aliphatic carbocycles. The van der Waals surface area contributed by atoms with Crippen LogP contribution in [-0.4, -0.2) is 85.0 Å². The van der Waals surface area contributed by atoms with E-state index in [1.165, 1.54) is 109 Å². The van der Waals surface area contributed by atoms with E-state index in [1.54, 1.807) is 20.8 Å². The summed E-state index contributed by atoms with van der Waals surface area (Å²) in [5.74, 6) is -1.96. The van der Waals surface area contributed by atoms with Gasteiger partial charge in [0.25, 0.3) is 0 Å². The summed E-state index contributed by atoms with van der Waals surface area (Å²) in [6.45, 7) is 15.3. The summed E-state index contributed by atoms with van der Waals surface area (Å²) in [4.78, 5) is 64.5. The lowest BCUT2D eigenvalue weighted by atomic mass is 9.99. The number of esters is 3. The van der Waals surface area contributed by atoms with Crippen molar-refractivity contribution in [2.75, 3.05) is 31.8 Å². The lowest BCUT2D eigenvalue weighted by Gasteiger charge is -2.25. The molecule has 0 spiro atoms. The van der Waals surface area contributed by atoms with Gasteiger partial charge in [-0.25, -0.2) is 4.79 Å². The van der Waals surface area contributed by atoms with E-state index >= 15 is 0 Å². The number of carbonyl (C=O) groups is 5. The Bertz CT molecular complexity index is 1120. The summed E-state index contributed by atoms with van der Waals surface area (Å²) in [5.41, 5.74) is -1.31. The van der Waals surface area contributed by atoms with Gasteiger partial charge in [-0.1, -0.05) is 129 Å². The van der Waals surface area contributed by atoms with Crippen LogP contribution in [0.4, 0.5) is 4.79 Å². The van der Waals surface area contributed by atoms with E-state index in [2.05, 4.69) is 19.2 Å². The highest BCUT2D eigenvalue weighted by molar-refractivity contribution is 7.99. The van der Waals surface area contributed by atoms with Gasteiger partial charge in [0.15, 0.2) is 5.78 Å². The number of alkyl carbamates (subject to hydrolysis) is 1. The molecular formula is C47H87NO10S. The second-order valence-corrected chi connectivity index (χ2v) is 19.2. The quantitative estimate of drug-likeness (QED) is 0.0362. The monoisotopic (exact) mass is 858 g/mol. The van der Waals surface area contributed by atoms with E-state index in [0.717, 1.165) is 38.5 Å². The van der Waals surface area contributed by atoms with Gasteiger partial charge in [-0.05, 0) is 60.8 Å². The summed E-state index contributed by atoms with van der Waals surface area (Å²) >= 11 is 1.33. The van der Waals surface area contributed by atoms with Crippen molar-refractivity contribution in [3.8, 4) is 0 Å². The zero-order valence-electron chi connectivity index (χ0n) is 39.0. The van der Waals surface area contributed by atoms with Crippen molar-refractivity contribution in [1.29, 1.82) is 0 Å². The van der Waals surface area contributed by atoms with Crippen molar-refractivity contribution in [3.63, 3.8) is 0 Å². The van der Waals surface area contributed by atoms with Crippen LogP contribution in [0.5, 0.6) is 0 Å². The third-order valence-electron chi connectivity index (χ3n) is 9.86. The molecule has 0 aromatic carbocycles. The Morgan fingerprint density at radius 3 is 1.63 bits per heavy atom. The number of amides is 1. The van der Waals surface area contributed by atoms with Crippen LogP contribution >= 0.6 is 11.8 Å². The number of hydrogen-bond acceptors (Lipinski definition) is 11. The zero-order chi connectivity index (χ0) is 44.4. The number of carbonyl (C=O) groups excluding carboxylic acids is 5. The predicted molar refractivity (Wildman–Crippen MR) is 240 cm³/mol. The van der Waals surface area contributed by atoms with Crippen LogP contribution in [0, 0.1) is 5.92 Å². The first kappa shape index (κ1) is 56.7. The Hall–Kier alpha value is -2.34. The average molecular weight is 858 g/mol. The molecule has 0 aromatic heterocycles. The number of thioether (sulfide) groups is 1. The summed E-state index contributed by atoms with van der Waals surface area (Å²) in [6, 6.07) is -0.965. The number of unbranched alkanes of at least 4 members (excludes halogenated alkanes) is 18. The number of Topliss-reactive ketones (excluding diaryl/α,β-unsaturated/α-hetero) is 1. The van der Waals surface area contributed by atoms with Crippen molar-refractivity contribution in [1.82, 2.24) is 5.32 Å². The molecule has 12 heteroatoms. The van der Waals surface area contributed by atoms with Crippen molar-refractivity contribution >= 4 is 41.5 Å². The van der Waals surface area contributed by atoms with Crippen LogP contribution in [-0.2, 0) is 42.9 Å². The number of methoxy groups -OCH3 is 1. The first-order valence-corrected chi connectivity index (χ1v) is 24.3. The van der Waals surface area contributed by atoms with Crippen LogP contribution in [0.1, 0.15) is 209 Å². The largest absolute Gasteiger partial charge is 0.469 e. The Morgan fingerprint density at radius 1 is 0.627 bits per heavy atom. The van der Waals surface area contributed by atoms with Gasteiger partial charge in [0.05, 0.1) is 37.7 Å². The first-order chi connectivity index (χ1) is 28.0. The Labute approximate surface area is 364 Å². The lowest BCUT2D eigenvalue weighted by molar-refractivity contribution is -0.155. The minimum absolute atomic E-state index is 0.00144. The molecule has 0 unspecified atom stereocenters. The van der Waals surface area contributed by atoms with Crippen molar-refractivity contribution in [2.45, 2.75) is 233 Å². The van der Waals surface area contributed by atoms with Crippen LogP contribution < -0.4 is 5.32 Å². The van der Waals surface area contributed by atoms with Gasteiger partial charge in [-0.15, -0.1) is 0 Å². The molecule has 0 bridgehead atoms. The Kier molecular flexibility index (Phi) is 33.9. The average Bonchev–Trinajstić information content (AvgIpc) is 3.15. The smallest absolute Gasteiger partial charge is 0.408 e. The molecule has 0 aliphatic heterocycles. The van der Waals surface area contributed by atoms with Gasteiger partial charge in [-0.2, -0.15) is 11.8 Å². The topological polar surface area (TPSA) is 144 Å². The van der Waals surface area contributed by atoms with Crippen LogP contribution in [0.25, 0.3) is 0 Å². The first-order valence-electron chi connectivity index (χ1n) is 23.2. The molecule has 346 valence electrons. The van der Waals surface area contributed by atoms with Crippen LogP contribution in [0.2, 0.25) is 0 Å². The molecule has 0 radical (unpaired) electrons. The van der Waals surface area contributed by atoms with E-state index in [4.69, 9.17) is 23.7 Å². The fourth-order valence-corrected chi connectivity index (χ4v) is 7.37. The molecular weight excluding hydrogens is 771 g/mol. The van der Waals surface area contributed by atoms with Crippen molar-refractivity contribution in [2.24, 2.45) is 5.92 Å². The molecule has 0 saturated heterocycles. The third-order valence-corrected chi connectivity index (χ3v) is 10.9. The molecule has 3 atom stereocenters. The van der Waals surface area contributed by atoms with Gasteiger partial charge in [0.2, 0.25) is 0 Å². The van der Waals surface area contributed by atoms with Crippen LogP contribution in [0.15, 0.2) is 0 Å². The Balaban J connectivity index is 5.12. The molecule has 11 nitrogen and oxygen atoms in total. The van der Waals surface area contributed by atoms with E-state index in [1.807, 2.05) is 20.8 Å². The fraction of sp³-hybridized carbons (Fsp3) is 0.894. The van der Waals surface area contributed by atoms with Gasteiger partial charge >= 0.3 is 24.0 Å². The van der Waals surface area contributed by atoms with E-state index in [9.17, 15) is 24.0 Å². The maximum Gasteiger partial charge on any atom is 0.408 e. The summed E-state index contributed by atoms with van der Waals surface area (Å²) in [7, 11) is 1.26. The molecule has 0 aliphatic rings. The summed E-state index contributed by atoms with van der Waals surface area (Å²) in [6.07, 6.45) is 23.4. The van der Waals surface area contributed by atoms with Crippen molar-refractivity contribution < 1.29 is 47.7 Å². The molecule has 0 aromatic rings. The molecule has 0 fully saturated rings. The molecule has 59 heavy (non-hydrogen) atoms. The van der Waals surface area contributed by atoms with E-state index in [-0.39, 0.29) is 43.6 Å². The maximum atomic E-state index is 13.5. The highest BCUT2D eigenvalue weighted by Crippen LogP contribution is 2.19. The van der Waals surface area contributed by atoms with Crippen LogP contribution in [0.3, 0.4) is 0 Å². The van der Waals surface area contributed by atoms with Gasteiger partial charge in [0.1, 0.15) is 18.3 Å². The predicted octanol–water partition coefficient (Wildman–Crippen LogP) is 11.6. The summed E-state index contributed by atoms with van der Waals surface area (Å²) < 4.78 is 27.5. The highest BCUT2D eigenvalue weighted by atomic mass is 32.2. The molecule has 0 rings (SSSR count). The third kappa shape index (κ3) is 36.1. The van der Waals surface area contributed by atoms with Crippen molar-refractivity contribution in [3.05, 3.63) is 0 Å². The SMILES string of the molecule is CCCCCCCCCCCCCC(=O)O[C@H](CCCCCCCCCCC)CC(=O)OCCSC[C@H](NC(=O)OC(C)(C)C)C(=O)C[C@@H](COC(C)(C)C)C(=O)OC. The van der Waals surface area contributed by atoms with Gasteiger partial charge in [-0.3, -0.25) is 19.2 Å². The second-order valence-electron chi connectivity index (χ2n) is 18.0. The fourth-order valence-electron chi connectivity index (χ4n) is 6.50. The molecule has 0 saturated carbocycles. The minimum atomic E-state index is -0.965. The minimum Gasteiger partial charge on any atom is -0.469 e. The molecule has 1 N–H and O–H groups in total. The summed E-state index contributed by atoms with van der Waals surface area (Å²) in [5, 5.41) is 2.65. The Morgan fingerprint density at radius 2 is 1.14 bits per heavy atom. The maximum absolute atomic E-state index is 13.5. The number of ether oxygens (including phenoxy) is 5. The zero-order valence-corrected chi connectivity index (χ0v) is 39.8. The number of rotatable bonds is 37. The number of nitrogens with one attached hydrogen (secondary N) is 1. The number of ketones is 1. The highest BCUT2D eigenvalue weighted by Gasteiger charge is 2.31. The molecule has 1 amide bonds. The standard InChI is InChI=1S/C47H87NO10S/c1-10-12-14-16-18-20-21-23-25-27-29-31-42(50)57-39(30-28-26-24-22-19-17-15-13-11-2)35-43(51)55-32-33-59-37-40(48-45(53)58-47(6,7)8)41(49)34-38(44(52)54-9)36-56-46(3,4)5/h38-40H,10-37H2,1-9H3,(H,48,53)/t38-,39+,40-/m0/s1. The van der Waals surface area contributed by atoms with E-state index in [0.29, 0.717) is 18.6 Å². The van der Waals surface area contributed by atoms with Gasteiger partial charge < -0.3 is 29.0 Å². The van der Waals surface area contributed by atoms with Gasteiger partial charge in [0, 0.05) is 24.3 Å². The normalized spacial score (nSPS) is 13.3.